The molecule has 0 aromatic heterocycles. The van der Waals surface area contributed by atoms with Gasteiger partial charge in [-0.15, -0.1) is 0 Å². The summed E-state index contributed by atoms with van der Waals surface area (Å²) in [6.07, 6.45) is -1.05. The summed E-state index contributed by atoms with van der Waals surface area (Å²) in [4.78, 5) is 50.1. The number of urea groups is 1. The molecule has 0 aliphatic carbocycles. The van der Waals surface area contributed by atoms with Crippen molar-refractivity contribution in [3.63, 3.8) is 0 Å². The second-order valence-electron chi connectivity index (χ2n) is 8.18. The summed E-state index contributed by atoms with van der Waals surface area (Å²) in [5.41, 5.74) is -0.101. The van der Waals surface area contributed by atoms with E-state index in [4.69, 9.17) is 4.74 Å². The third kappa shape index (κ3) is 4.68. The molecule has 1 fully saturated rings. The lowest BCUT2D eigenvalue weighted by Crippen LogP contribution is -2.47. The quantitative estimate of drug-likeness (QED) is 0.588. The van der Waals surface area contributed by atoms with Gasteiger partial charge in [0.05, 0.1) is 0 Å². The summed E-state index contributed by atoms with van der Waals surface area (Å²) < 4.78 is 5.08. The largest absolute Gasteiger partial charge is 0.451 e. The van der Waals surface area contributed by atoms with Crippen molar-refractivity contribution in [2.45, 2.75) is 58.7 Å². The van der Waals surface area contributed by atoms with Gasteiger partial charge in [-0.3, -0.25) is 19.3 Å². The van der Waals surface area contributed by atoms with E-state index in [1.54, 1.807) is 39.8 Å². The highest BCUT2D eigenvalue weighted by Crippen LogP contribution is 2.28. The van der Waals surface area contributed by atoms with E-state index < -0.39 is 47.5 Å². The van der Waals surface area contributed by atoms with Crippen LogP contribution in [-0.4, -0.2) is 46.9 Å². The number of imide groups is 1. The monoisotopic (exact) mass is 389 g/mol. The molecule has 1 heterocycles. The minimum atomic E-state index is -1.26. The molecule has 2 atom stereocenters. The molecular weight excluding hydrogens is 362 g/mol. The zero-order valence-electron chi connectivity index (χ0n) is 17.1. The first-order valence-electron chi connectivity index (χ1n) is 9.06. The van der Waals surface area contributed by atoms with Gasteiger partial charge in [-0.25, -0.2) is 4.79 Å². The Morgan fingerprint density at radius 3 is 2.32 bits per heavy atom. The van der Waals surface area contributed by atoms with Gasteiger partial charge in [-0.2, -0.15) is 0 Å². The fourth-order valence-electron chi connectivity index (χ4n) is 2.81. The minimum Gasteiger partial charge on any atom is -0.451 e. The normalized spacial score (nSPS) is 20.6. The zero-order valence-corrected chi connectivity index (χ0v) is 17.1. The number of aryl methyl sites for hydroxylation is 1. The van der Waals surface area contributed by atoms with Gasteiger partial charge in [0, 0.05) is 5.54 Å². The first kappa shape index (κ1) is 21.4. The topological polar surface area (TPSA) is 105 Å². The van der Waals surface area contributed by atoms with Gasteiger partial charge < -0.3 is 15.4 Å². The van der Waals surface area contributed by atoms with Gasteiger partial charge in [-0.1, -0.05) is 29.8 Å². The van der Waals surface area contributed by atoms with E-state index in [0.29, 0.717) is 5.56 Å². The maximum atomic E-state index is 12.8. The van der Waals surface area contributed by atoms with Crippen molar-refractivity contribution >= 4 is 23.8 Å². The minimum absolute atomic E-state index is 0.456. The maximum Gasteiger partial charge on any atom is 0.327 e. The lowest BCUT2D eigenvalue weighted by molar-refractivity contribution is -0.157. The van der Waals surface area contributed by atoms with Gasteiger partial charge in [0.15, 0.2) is 6.10 Å². The number of benzene rings is 1. The summed E-state index contributed by atoms with van der Waals surface area (Å²) in [6.45, 7) is 9.78. The summed E-state index contributed by atoms with van der Waals surface area (Å²) in [6, 6.07) is 6.51. The maximum absolute atomic E-state index is 12.8. The van der Waals surface area contributed by atoms with Crippen molar-refractivity contribution in [1.29, 1.82) is 0 Å². The van der Waals surface area contributed by atoms with Crippen LogP contribution in [0.2, 0.25) is 0 Å². The molecule has 1 aromatic rings. The first-order valence-corrected chi connectivity index (χ1v) is 9.06. The van der Waals surface area contributed by atoms with E-state index in [2.05, 4.69) is 10.6 Å². The highest BCUT2D eigenvalue weighted by Gasteiger charge is 2.49. The molecule has 2 rings (SSSR count). The van der Waals surface area contributed by atoms with Crippen molar-refractivity contribution in [3.05, 3.63) is 35.4 Å². The molecule has 8 nitrogen and oxygen atoms in total. The number of carbonyl (C=O) groups excluding carboxylic acids is 4. The zero-order chi connectivity index (χ0) is 21.3. The van der Waals surface area contributed by atoms with Crippen LogP contribution < -0.4 is 10.6 Å². The molecule has 1 aliphatic rings. The number of amides is 4. The van der Waals surface area contributed by atoms with Crippen LogP contribution in [0.4, 0.5) is 4.79 Å². The molecule has 1 aromatic carbocycles. The molecule has 0 unspecified atom stereocenters. The summed E-state index contributed by atoms with van der Waals surface area (Å²) in [5.74, 6) is -1.85. The van der Waals surface area contributed by atoms with Gasteiger partial charge in [0.2, 0.25) is 0 Å². The van der Waals surface area contributed by atoms with Crippen molar-refractivity contribution in [2.75, 3.05) is 6.54 Å². The van der Waals surface area contributed by atoms with Crippen LogP contribution in [-0.2, 0) is 24.7 Å². The van der Waals surface area contributed by atoms with Crippen LogP contribution in [0.25, 0.3) is 0 Å². The fraction of sp³-hybridized carbons (Fsp3) is 0.500. The fourth-order valence-corrected chi connectivity index (χ4v) is 2.81. The summed E-state index contributed by atoms with van der Waals surface area (Å²) in [5, 5.41) is 5.33. The number of rotatable bonds is 5. The standard InChI is InChI=1S/C20H27N3O5/c1-12-7-9-14(10-8-12)20(6)17(26)23(18(27)22-20)11-15(24)28-13(2)16(25)21-19(3,4)5/h7-10,13H,11H2,1-6H3,(H,21,25)(H,22,27)/t13-,20-/m0/s1. The van der Waals surface area contributed by atoms with Crippen LogP contribution in [0.3, 0.4) is 0 Å². The number of nitrogens with zero attached hydrogens (tertiary/aromatic N) is 1. The molecule has 1 aliphatic heterocycles. The predicted octanol–water partition coefficient (Wildman–Crippen LogP) is 1.61. The van der Waals surface area contributed by atoms with Gasteiger partial charge in [0.1, 0.15) is 12.1 Å². The Hall–Kier alpha value is -2.90. The van der Waals surface area contributed by atoms with E-state index in [9.17, 15) is 19.2 Å². The Balaban J connectivity index is 2.05. The molecule has 152 valence electrons. The van der Waals surface area contributed by atoms with E-state index in [1.807, 2.05) is 19.1 Å². The number of hydrogen-bond acceptors (Lipinski definition) is 5. The molecular formula is C20H27N3O5. The third-order valence-electron chi connectivity index (χ3n) is 4.37. The van der Waals surface area contributed by atoms with Crippen LogP contribution in [0, 0.1) is 6.92 Å². The SMILES string of the molecule is Cc1ccc([C@]2(C)NC(=O)N(CC(=O)O[C@@H](C)C(=O)NC(C)(C)C)C2=O)cc1. The van der Waals surface area contributed by atoms with Crippen molar-refractivity contribution < 1.29 is 23.9 Å². The highest BCUT2D eigenvalue weighted by atomic mass is 16.5. The Labute approximate surface area is 164 Å². The van der Waals surface area contributed by atoms with Crippen molar-refractivity contribution in [2.24, 2.45) is 0 Å². The van der Waals surface area contributed by atoms with Gasteiger partial charge in [0.25, 0.3) is 11.8 Å². The van der Waals surface area contributed by atoms with E-state index >= 15 is 0 Å². The highest BCUT2D eigenvalue weighted by molar-refractivity contribution is 6.08. The van der Waals surface area contributed by atoms with Gasteiger partial charge in [-0.05, 0) is 47.1 Å². The number of carbonyl (C=O) groups is 4. The average Bonchev–Trinajstić information content (AvgIpc) is 2.78. The van der Waals surface area contributed by atoms with Crippen molar-refractivity contribution in [1.82, 2.24) is 15.5 Å². The molecule has 28 heavy (non-hydrogen) atoms. The Kier molecular flexibility index (Phi) is 5.82. The molecule has 0 saturated carbocycles. The lowest BCUT2D eigenvalue weighted by Gasteiger charge is -2.24. The smallest absolute Gasteiger partial charge is 0.327 e. The van der Waals surface area contributed by atoms with Crippen LogP contribution in [0.15, 0.2) is 24.3 Å². The van der Waals surface area contributed by atoms with Crippen LogP contribution in [0.1, 0.15) is 45.7 Å². The van der Waals surface area contributed by atoms with E-state index in [1.165, 1.54) is 6.92 Å². The molecule has 0 spiro atoms. The molecule has 8 heteroatoms. The Morgan fingerprint density at radius 1 is 1.21 bits per heavy atom. The van der Waals surface area contributed by atoms with Crippen molar-refractivity contribution in [3.8, 4) is 0 Å². The molecule has 2 N–H and O–H groups in total. The molecule has 4 amide bonds. The molecule has 0 radical (unpaired) electrons. The second-order valence-corrected chi connectivity index (χ2v) is 8.18. The van der Waals surface area contributed by atoms with E-state index in [0.717, 1.165) is 10.5 Å². The average molecular weight is 389 g/mol. The lowest BCUT2D eigenvalue weighted by atomic mass is 9.91. The molecule has 1 saturated heterocycles. The Morgan fingerprint density at radius 2 is 1.79 bits per heavy atom. The molecule has 0 bridgehead atoms. The van der Waals surface area contributed by atoms with Crippen LogP contribution >= 0.6 is 0 Å². The number of nitrogens with one attached hydrogen (secondary N) is 2. The van der Waals surface area contributed by atoms with Crippen LogP contribution in [0.5, 0.6) is 0 Å². The summed E-state index contributed by atoms with van der Waals surface area (Å²) in [7, 11) is 0. The Bertz CT molecular complexity index is 797. The number of esters is 1. The number of hydrogen-bond donors (Lipinski definition) is 2. The third-order valence-corrected chi connectivity index (χ3v) is 4.37. The summed E-state index contributed by atoms with van der Waals surface area (Å²) >= 11 is 0. The number of ether oxygens (including phenoxy) is 1. The van der Waals surface area contributed by atoms with Gasteiger partial charge >= 0.3 is 12.0 Å². The van der Waals surface area contributed by atoms with E-state index in [-0.39, 0.29) is 0 Å². The predicted molar refractivity (Wildman–Crippen MR) is 102 cm³/mol. The second kappa shape index (κ2) is 7.61. The first-order chi connectivity index (χ1) is 12.8.